The summed E-state index contributed by atoms with van der Waals surface area (Å²) in [6.07, 6.45) is 3.54. The highest BCUT2D eigenvalue weighted by molar-refractivity contribution is 6.29. The number of fused-ring (bicyclic) bond motifs is 2. The summed E-state index contributed by atoms with van der Waals surface area (Å²) in [7, 11) is 3.04. The predicted molar refractivity (Wildman–Crippen MR) is 149 cm³/mol. The third kappa shape index (κ3) is 5.22. The maximum Gasteiger partial charge on any atom is 0.342 e. The number of rotatable bonds is 6. The van der Waals surface area contributed by atoms with E-state index in [1.807, 2.05) is 60.7 Å². The minimum atomic E-state index is -0.735. The van der Waals surface area contributed by atoms with E-state index >= 15 is 0 Å². The number of carbonyl (C=O) groups excluding carboxylic acids is 2. The van der Waals surface area contributed by atoms with Gasteiger partial charge in [-0.2, -0.15) is 0 Å². The van der Waals surface area contributed by atoms with Crippen molar-refractivity contribution in [3.63, 3.8) is 0 Å². The molecular weight excluding hydrogens is 502 g/mol. The average molecular weight is 528 g/mol. The van der Waals surface area contributed by atoms with Gasteiger partial charge in [0.1, 0.15) is 23.2 Å². The minimum absolute atomic E-state index is 0.302. The third-order valence-electron chi connectivity index (χ3n) is 6.54. The van der Waals surface area contributed by atoms with E-state index in [1.165, 1.54) is 14.2 Å². The first-order chi connectivity index (χ1) is 18.5. The van der Waals surface area contributed by atoms with E-state index in [2.05, 4.69) is 5.32 Å². The van der Waals surface area contributed by atoms with Crippen molar-refractivity contribution in [3.8, 4) is 11.5 Å². The standard InChI is InChI=1S/C31H26ClNO5/c1-36-28-17-21-9-5-3-7-19(21)15-24(28)30(34)33-26-13-11-23(32)12-14-27(26)38-31(35)25-16-20-8-4-6-10-22(20)18-29(25)37-2/h3-11,13,15-18,27H,12,14H2,1-2H3,(H,33,34). The maximum absolute atomic E-state index is 13.4. The Morgan fingerprint density at radius 2 is 1.32 bits per heavy atom. The van der Waals surface area contributed by atoms with Crippen molar-refractivity contribution in [3.05, 3.63) is 107 Å². The van der Waals surface area contributed by atoms with Gasteiger partial charge in [0, 0.05) is 5.03 Å². The summed E-state index contributed by atoms with van der Waals surface area (Å²) >= 11 is 6.31. The Hall–Kier alpha value is -4.29. The smallest absolute Gasteiger partial charge is 0.342 e. The second-order valence-corrected chi connectivity index (χ2v) is 9.41. The van der Waals surface area contributed by atoms with Crippen LogP contribution < -0.4 is 14.8 Å². The number of carbonyl (C=O) groups is 2. The number of allylic oxidation sites excluding steroid dienone is 3. The van der Waals surface area contributed by atoms with Crippen LogP contribution in [0.5, 0.6) is 11.5 Å². The van der Waals surface area contributed by atoms with Crippen LogP contribution >= 0.6 is 11.6 Å². The Morgan fingerprint density at radius 3 is 1.89 bits per heavy atom. The van der Waals surface area contributed by atoms with E-state index in [4.69, 9.17) is 25.8 Å². The summed E-state index contributed by atoms with van der Waals surface area (Å²) in [5.41, 5.74) is 1.10. The lowest BCUT2D eigenvalue weighted by atomic mass is 10.0. The Morgan fingerprint density at radius 1 is 0.789 bits per heavy atom. The molecule has 4 aromatic rings. The molecule has 38 heavy (non-hydrogen) atoms. The quantitative estimate of drug-likeness (QED) is 0.280. The first-order valence-corrected chi connectivity index (χ1v) is 12.6. The molecule has 0 bridgehead atoms. The Kier molecular flexibility index (Phi) is 7.33. The monoisotopic (exact) mass is 527 g/mol. The van der Waals surface area contributed by atoms with Crippen LogP contribution in [0.2, 0.25) is 0 Å². The van der Waals surface area contributed by atoms with E-state index in [-0.39, 0.29) is 5.91 Å². The van der Waals surface area contributed by atoms with Gasteiger partial charge in [-0.1, -0.05) is 60.1 Å². The topological polar surface area (TPSA) is 73.9 Å². The fraction of sp³-hybridized carbons (Fsp3) is 0.161. The van der Waals surface area contributed by atoms with Crippen molar-refractivity contribution in [1.29, 1.82) is 0 Å². The molecule has 1 unspecified atom stereocenters. The van der Waals surface area contributed by atoms with Crippen molar-refractivity contribution >= 4 is 45.0 Å². The lowest BCUT2D eigenvalue weighted by Gasteiger charge is -2.22. The molecule has 6 nitrogen and oxygen atoms in total. The Balaban J connectivity index is 1.43. The summed E-state index contributed by atoms with van der Waals surface area (Å²) in [6.45, 7) is 0. The fourth-order valence-corrected chi connectivity index (χ4v) is 4.72. The number of halogens is 1. The van der Waals surface area contributed by atoms with Gasteiger partial charge in [0.05, 0.1) is 25.5 Å². The van der Waals surface area contributed by atoms with E-state index in [9.17, 15) is 9.59 Å². The van der Waals surface area contributed by atoms with Crippen LogP contribution in [-0.2, 0) is 4.74 Å². The molecule has 0 heterocycles. The van der Waals surface area contributed by atoms with Crippen molar-refractivity contribution in [1.82, 2.24) is 5.32 Å². The largest absolute Gasteiger partial charge is 0.496 e. The van der Waals surface area contributed by atoms with Crippen LogP contribution in [0.4, 0.5) is 0 Å². The van der Waals surface area contributed by atoms with Crippen LogP contribution in [0.1, 0.15) is 33.6 Å². The van der Waals surface area contributed by atoms with Gasteiger partial charge in [0.2, 0.25) is 0 Å². The highest BCUT2D eigenvalue weighted by Crippen LogP contribution is 2.30. The molecule has 0 saturated carbocycles. The summed E-state index contributed by atoms with van der Waals surface area (Å²) in [5.74, 6) is -0.0824. The number of hydrogen-bond donors (Lipinski definition) is 1. The van der Waals surface area contributed by atoms with Crippen molar-refractivity contribution in [2.24, 2.45) is 0 Å². The molecule has 1 amide bonds. The second-order valence-electron chi connectivity index (χ2n) is 8.92. The number of benzene rings is 4. The van der Waals surface area contributed by atoms with Crippen molar-refractivity contribution in [2.45, 2.75) is 18.9 Å². The maximum atomic E-state index is 13.4. The molecule has 1 aliphatic carbocycles. The molecule has 0 fully saturated rings. The number of hydrogen-bond acceptors (Lipinski definition) is 5. The van der Waals surface area contributed by atoms with Crippen molar-refractivity contribution in [2.75, 3.05) is 14.2 Å². The van der Waals surface area contributed by atoms with Crippen LogP contribution in [0.25, 0.3) is 21.5 Å². The summed E-state index contributed by atoms with van der Waals surface area (Å²) in [6, 6.07) is 22.6. The van der Waals surface area contributed by atoms with Gasteiger partial charge in [-0.05, 0) is 70.8 Å². The summed E-state index contributed by atoms with van der Waals surface area (Å²) in [4.78, 5) is 26.8. The summed E-state index contributed by atoms with van der Waals surface area (Å²) in [5, 5.41) is 7.23. The normalized spacial score (nSPS) is 15.3. The zero-order chi connectivity index (χ0) is 26.6. The van der Waals surface area contributed by atoms with Crippen LogP contribution in [0, 0.1) is 0 Å². The highest BCUT2D eigenvalue weighted by Gasteiger charge is 2.26. The van der Waals surface area contributed by atoms with E-state index in [0.717, 1.165) is 21.5 Å². The SMILES string of the molecule is COc1cc2ccccc2cc1C(=O)NC1=CC=C(Cl)CCC1OC(=O)c1cc2ccccc2cc1OC. The van der Waals surface area contributed by atoms with Gasteiger partial charge in [-0.15, -0.1) is 0 Å². The fourth-order valence-electron chi connectivity index (χ4n) is 4.54. The lowest BCUT2D eigenvalue weighted by Crippen LogP contribution is -2.33. The highest BCUT2D eigenvalue weighted by atomic mass is 35.5. The number of amides is 1. The van der Waals surface area contributed by atoms with Gasteiger partial charge in [-0.3, -0.25) is 4.79 Å². The van der Waals surface area contributed by atoms with E-state index in [0.29, 0.717) is 46.2 Å². The van der Waals surface area contributed by atoms with Crippen LogP contribution in [-0.4, -0.2) is 32.2 Å². The molecule has 5 rings (SSSR count). The lowest BCUT2D eigenvalue weighted by molar-refractivity contribution is 0.0342. The average Bonchev–Trinajstić information content (AvgIpc) is 3.12. The molecule has 7 heteroatoms. The van der Waals surface area contributed by atoms with E-state index in [1.54, 1.807) is 24.3 Å². The zero-order valence-electron chi connectivity index (χ0n) is 21.0. The first-order valence-electron chi connectivity index (χ1n) is 12.2. The third-order valence-corrected chi connectivity index (χ3v) is 6.86. The molecule has 0 aromatic heterocycles. The molecule has 0 spiro atoms. The number of ether oxygens (including phenoxy) is 3. The van der Waals surface area contributed by atoms with Gasteiger partial charge < -0.3 is 19.5 Å². The Labute approximate surface area is 225 Å². The van der Waals surface area contributed by atoms with Gasteiger partial charge >= 0.3 is 5.97 Å². The molecule has 0 radical (unpaired) electrons. The number of nitrogens with one attached hydrogen (secondary N) is 1. The molecule has 0 saturated heterocycles. The second kappa shape index (κ2) is 11.0. The molecule has 192 valence electrons. The molecule has 1 aliphatic rings. The number of methoxy groups -OCH3 is 2. The van der Waals surface area contributed by atoms with Gasteiger partial charge in [0.25, 0.3) is 5.91 Å². The molecular formula is C31H26ClNO5. The van der Waals surface area contributed by atoms with Crippen molar-refractivity contribution < 1.29 is 23.8 Å². The Bertz CT molecular complexity index is 1610. The first kappa shape index (κ1) is 25.4. The minimum Gasteiger partial charge on any atom is -0.496 e. The zero-order valence-corrected chi connectivity index (χ0v) is 21.7. The number of esters is 1. The van der Waals surface area contributed by atoms with Gasteiger partial charge in [0.15, 0.2) is 0 Å². The van der Waals surface area contributed by atoms with Crippen LogP contribution in [0.3, 0.4) is 0 Å². The summed E-state index contributed by atoms with van der Waals surface area (Å²) < 4.78 is 16.9. The predicted octanol–water partition coefficient (Wildman–Crippen LogP) is 6.77. The van der Waals surface area contributed by atoms with Crippen LogP contribution in [0.15, 0.2) is 95.7 Å². The molecule has 1 atom stereocenters. The van der Waals surface area contributed by atoms with Gasteiger partial charge in [-0.25, -0.2) is 4.79 Å². The molecule has 0 aliphatic heterocycles. The molecule has 1 N–H and O–H groups in total. The molecule has 4 aromatic carbocycles. The van der Waals surface area contributed by atoms with E-state index < -0.39 is 12.1 Å².